The molecule has 17 nitrogen and oxygen atoms in total. The molecule has 0 aromatic carbocycles. The van der Waals surface area contributed by atoms with E-state index in [-0.39, 0.29) is 25.7 Å². The monoisotopic (exact) mass is 1140 g/mol. The maximum atomic E-state index is 12.9. The van der Waals surface area contributed by atoms with Gasteiger partial charge in [-0.2, -0.15) is 0 Å². The van der Waals surface area contributed by atoms with Gasteiger partial charge in [-0.1, -0.05) is 228 Å². The van der Waals surface area contributed by atoms with E-state index >= 15 is 0 Å². The minimum Gasteiger partial charge on any atom is -0.462 e. The normalized spacial score (nSPS) is 14.8. The number of aliphatic hydroxyl groups excluding tert-OH is 1. The number of ether oxygens (including phenoxy) is 4. The molecule has 3 N–H and O–H groups in total. The summed E-state index contributed by atoms with van der Waals surface area (Å²) in [5.41, 5.74) is 0. The Labute approximate surface area is 467 Å². The quantitative estimate of drug-likeness (QED) is 0.0222. The highest BCUT2D eigenvalue weighted by Crippen LogP contribution is 2.45. The molecule has 77 heavy (non-hydrogen) atoms. The predicted molar refractivity (Wildman–Crippen MR) is 303 cm³/mol. The second kappa shape index (κ2) is 51.0. The van der Waals surface area contributed by atoms with E-state index in [1.165, 1.54) is 77.0 Å². The van der Waals surface area contributed by atoms with Gasteiger partial charge in [-0.15, -0.1) is 0 Å². The molecule has 6 atom stereocenters. The summed E-state index contributed by atoms with van der Waals surface area (Å²) in [6.07, 6.45) is 31.0. The average Bonchev–Trinajstić information content (AvgIpc) is 3.39. The Kier molecular flexibility index (Phi) is 49.7. The maximum absolute atomic E-state index is 12.9. The van der Waals surface area contributed by atoms with Crippen molar-refractivity contribution >= 4 is 39.5 Å². The second-order valence-electron chi connectivity index (χ2n) is 21.7. The van der Waals surface area contributed by atoms with Crippen LogP contribution in [0, 0.1) is 11.8 Å². The van der Waals surface area contributed by atoms with Gasteiger partial charge < -0.3 is 33.8 Å². The molecule has 0 saturated carbocycles. The highest BCUT2D eigenvalue weighted by atomic mass is 31.2. The predicted octanol–water partition coefficient (Wildman–Crippen LogP) is 15.3. The van der Waals surface area contributed by atoms with E-state index in [1.807, 2.05) is 0 Å². The van der Waals surface area contributed by atoms with Gasteiger partial charge in [-0.3, -0.25) is 37.3 Å². The third kappa shape index (κ3) is 51.9. The number of aliphatic hydroxyl groups is 1. The smallest absolute Gasteiger partial charge is 0.462 e. The molecule has 0 rings (SSSR count). The van der Waals surface area contributed by atoms with E-state index in [9.17, 15) is 43.2 Å². The minimum atomic E-state index is -4.94. The maximum Gasteiger partial charge on any atom is 0.472 e. The van der Waals surface area contributed by atoms with E-state index in [0.717, 1.165) is 115 Å². The molecule has 0 amide bonds. The first-order chi connectivity index (χ1) is 36.9. The number of hydrogen-bond acceptors (Lipinski definition) is 15. The van der Waals surface area contributed by atoms with Gasteiger partial charge in [0.1, 0.15) is 19.3 Å². The molecule has 0 fully saturated rings. The van der Waals surface area contributed by atoms with Crippen LogP contribution in [-0.2, 0) is 65.4 Å². The van der Waals surface area contributed by atoms with Crippen molar-refractivity contribution < 1.29 is 80.2 Å². The van der Waals surface area contributed by atoms with Gasteiger partial charge in [-0.25, -0.2) is 9.13 Å². The Bertz CT molecular complexity index is 1530. The summed E-state index contributed by atoms with van der Waals surface area (Å²) in [6, 6.07) is 0. The lowest BCUT2D eigenvalue weighted by atomic mass is 10.00. The van der Waals surface area contributed by atoms with Gasteiger partial charge >= 0.3 is 39.5 Å². The Morgan fingerprint density at radius 3 is 0.987 bits per heavy atom. The van der Waals surface area contributed by atoms with Crippen LogP contribution in [0.15, 0.2) is 0 Å². The fraction of sp³-hybridized carbons (Fsp3) is 0.931. The third-order valence-corrected chi connectivity index (χ3v) is 15.5. The van der Waals surface area contributed by atoms with Crippen LogP contribution in [0.3, 0.4) is 0 Å². The number of unbranched alkanes of at least 4 members (excludes halogenated alkanes) is 26. The van der Waals surface area contributed by atoms with Crippen molar-refractivity contribution in [1.29, 1.82) is 0 Å². The Morgan fingerprint density at radius 1 is 0.377 bits per heavy atom. The number of phosphoric acid groups is 2. The summed E-state index contributed by atoms with van der Waals surface area (Å²) in [5, 5.41) is 10.5. The van der Waals surface area contributed by atoms with Crippen molar-refractivity contribution in [2.75, 3.05) is 39.6 Å². The van der Waals surface area contributed by atoms with Crippen molar-refractivity contribution in [3.8, 4) is 0 Å². The summed E-state index contributed by atoms with van der Waals surface area (Å²) >= 11 is 0. The van der Waals surface area contributed by atoms with Crippen molar-refractivity contribution in [3.63, 3.8) is 0 Å². The summed E-state index contributed by atoms with van der Waals surface area (Å²) in [7, 11) is -9.87. The van der Waals surface area contributed by atoms with E-state index in [0.29, 0.717) is 31.6 Å². The summed E-state index contributed by atoms with van der Waals surface area (Å²) in [4.78, 5) is 71.7. The van der Waals surface area contributed by atoms with Gasteiger partial charge in [0.15, 0.2) is 12.2 Å². The summed E-state index contributed by atoms with van der Waals surface area (Å²) in [5.74, 6) is -0.750. The number of hydrogen-bond donors (Lipinski definition) is 3. The highest BCUT2D eigenvalue weighted by molar-refractivity contribution is 7.47. The van der Waals surface area contributed by atoms with E-state index in [1.54, 1.807) is 0 Å². The Morgan fingerprint density at radius 2 is 0.662 bits per heavy atom. The average molecular weight is 1140 g/mol. The molecule has 0 heterocycles. The standard InChI is InChI=1S/C58H112O17P2/c1-7-10-12-14-16-17-18-19-21-30-36-42-57(62)74-53(47-69-56(61)41-35-29-25-23-27-33-39-51(6)9-3)48-72-76(64,65)70-44-52(59)45-71-77(66,67)73-49-54(46-68-55(60)40-34-28-20-15-13-11-8-2)75-58(63)43-37-31-24-22-26-32-38-50(4)5/h50-54,59H,7-49H2,1-6H3,(H,64,65)(H,66,67)/t51?,52-,53-,54-/m1/s1. The molecule has 19 heteroatoms. The third-order valence-electron chi connectivity index (χ3n) is 13.6. The zero-order valence-electron chi connectivity index (χ0n) is 49.2. The second-order valence-corrected chi connectivity index (χ2v) is 24.7. The molecule has 0 aliphatic carbocycles. The van der Waals surface area contributed by atoms with Gasteiger partial charge in [-0.05, 0) is 37.5 Å². The number of esters is 4. The first-order valence-corrected chi connectivity index (χ1v) is 33.5. The molecule has 456 valence electrons. The van der Waals surface area contributed by atoms with Gasteiger partial charge in [0.25, 0.3) is 0 Å². The minimum absolute atomic E-state index is 0.101. The van der Waals surface area contributed by atoms with Crippen LogP contribution < -0.4 is 0 Å². The Hall–Kier alpha value is -1.94. The van der Waals surface area contributed by atoms with Crippen LogP contribution in [0.5, 0.6) is 0 Å². The van der Waals surface area contributed by atoms with Crippen molar-refractivity contribution in [3.05, 3.63) is 0 Å². The fourth-order valence-electron chi connectivity index (χ4n) is 8.44. The molecule has 0 aromatic heterocycles. The number of rotatable bonds is 57. The molecule has 0 aromatic rings. The Balaban J connectivity index is 5.23. The first kappa shape index (κ1) is 75.1. The van der Waals surface area contributed by atoms with Crippen molar-refractivity contribution in [1.82, 2.24) is 0 Å². The fourth-order valence-corrected chi connectivity index (χ4v) is 10.0. The molecule has 0 spiro atoms. The molecule has 3 unspecified atom stereocenters. The molecule has 0 bridgehead atoms. The van der Waals surface area contributed by atoms with E-state index < -0.39 is 97.5 Å². The van der Waals surface area contributed by atoms with Gasteiger partial charge in [0, 0.05) is 25.7 Å². The lowest BCUT2D eigenvalue weighted by Gasteiger charge is -2.21. The largest absolute Gasteiger partial charge is 0.472 e. The van der Waals surface area contributed by atoms with Gasteiger partial charge in [0.05, 0.1) is 26.4 Å². The van der Waals surface area contributed by atoms with Gasteiger partial charge in [0.2, 0.25) is 0 Å². The molecular formula is C58H112O17P2. The molecule has 0 radical (unpaired) electrons. The zero-order chi connectivity index (χ0) is 57.3. The lowest BCUT2D eigenvalue weighted by molar-refractivity contribution is -0.161. The molecule has 0 aliphatic rings. The first-order valence-electron chi connectivity index (χ1n) is 30.5. The van der Waals surface area contributed by atoms with Crippen LogP contribution in [0.1, 0.15) is 279 Å². The molecule has 0 aliphatic heterocycles. The lowest BCUT2D eigenvalue weighted by Crippen LogP contribution is -2.30. The summed E-state index contributed by atoms with van der Waals surface area (Å²) < 4.78 is 67.6. The van der Waals surface area contributed by atoms with Crippen LogP contribution in [0.25, 0.3) is 0 Å². The number of carbonyl (C=O) groups excluding carboxylic acids is 4. The summed E-state index contributed by atoms with van der Waals surface area (Å²) in [6.45, 7) is 9.26. The number of carbonyl (C=O) groups is 4. The van der Waals surface area contributed by atoms with Crippen LogP contribution in [0.4, 0.5) is 0 Å². The highest BCUT2D eigenvalue weighted by Gasteiger charge is 2.30. The molecular weight excluding hydrogens is 1030 g/mol. The van der Waals surface area contributed by atoms with Crippen LogP contribution >= 0.6 is 15.6 Å². The van der Waals surface area contributed by atoms with Crippen molar-refractivity contribution in [2.45, 2.75) is 297 Å². The SMILES string of the molecule is CCCCCCCCCCCCCC(=O)O[C@H](COC(=O)CCCCCCCCC(C)CC)COP(=O)(O)OC[C@@H](O)COP(=O)(O)OC[C@@H](COC(=O)CCCCCCCCC)OC(=O)CCCCCCCCC(C)C. The van der Waals surface area contributed by atoms with Crippen LogP contribution in [-0.4, -0.2) is 96.7 Å². The van der Waals surface area contributed by atoms with Crippen molar-refractivity contribution in [2.24, 2.45) is 11.8 Å². The van der Waals surface area contributed by atoms with E-state index in [4.69, 9.17) is 37.0 Å². The topological polar surface area (TPSA) is 237 Å². The zero-order valence-corrected chi connectivity index (χ0v) is 51.0. The van der Waals surface area contributed by atoms with E-state index in [2.05, 4.69) is 41.5 Å². The number of phosphoric ester groups is 2. The molecule has 0 saturated heterocycles. The van der Waals surface area contributed by atoms with Crippen LogP contribution in [0.2, 0.25) is 0 Å².